The number of benzene rings is 1. The van der Waals surface area contributed by atoms with Crippen molar-refractivity contribution in [2.45, 2.75) is 37.5 Å². The van der Waals surface area contributed by atoms with E-state index in [0.717, 1.165) is 24.8 Å². The molecule has 0 aliphatic carbocycles. The minimum atomic E-state index is -0.306. The van der Waals surface area contributed by atoms with Crippen LogP contribution in [0.25, 0.3) is 0 Å². The summed E-state index contributed by atoms with van der Waals surface area (Å²) < 4.78 is 10.6. The predicted octanol–water partition coefficient (Wildman–Crippen LogP) is 4.25. The van der Waals surface area contributed by atoms with E-state index in [0.29, 0.717) is 11.6 Å². The fourth-order valence-electron chi connectivity index (χ4n) is 3.37. The SMILES string of the molecule is COC(=O)c1ccc(C[C@@H]2CC[C@H]([C@H](OSBr)c3cccnc3)N2)cc1. The Labute approximate surface area is 165 Å². The van der Waals surface area contributed by atoms with Crippen molar-refractivity contribution < 1.29 is 13.7 Å². The number of carbonyl (C=O) groups excluding carboxylic acids is 1. The number of ether oxygens (including phenoxy) is 1. The molecule has 2 heterocycles. The zero-order valence-electron chi connectivity index (χ0n) is 14.4. The monoisotopic (exact) mass is 436 g/mol. The zero-order valence-corrected chi connectivity index (χ0v) is 16.8. The summed E-state index contributed by atoms with van der Waals surface area (Å²) in [6.45, 7) is 0. The molecule has 3 rings (SSSR count). The van der Waals surface area contributed by atoms with Crippen LogP contribution in [0.3, 0.4) is 0 Å². The summed E-state index contributed by atoms with van der Waals surface area (Å²) in [6.07, 6.45) is 6.60. The highest BCUT2D eigenvalue weighted by atomic mass is 79.9. The van der Waals surface area contributed by atoms with E-state index in [1.807, 2.05) is 42.6 Å². The zero-order chi connectivity index (χ0) is 18.4. The molecule has 1 aliphatic heterocycles. The molecule has 1 aromatic carbocycles. The third kappa shape index (κ3) is 4.85. The fraction of sp³-hybridized carbons (Fsp3) is 0.368. The Morgan fingerprint density at radius 2 is 2.15 bits per heavy atom. The topological polar surface area (TPSA) is 60.5 Å². The van der Waals surface area contributed by atoms with Gasteiger partial charge in [-0.2, -0.15) is 0 Å². The van der Waals surface area contributed by atoms with Gasteiger partial charge < -0.3 is 10.1 Å². The number of nitrogens with zero attached hydrogens (tertiary/aromatic N) is 1. The number of rotatable bonds is 7. The van der Waals surface area contributed by atoms with Gasteiger partial charge in [-0.1, -0.05) is 18.2 Å². The number of methoxy groups -OCH3 is 1. The van der Waals surface area contributed by atoms with Gasteiger partial charge in [0, 0.05) is 44.9 Å². The molecule has 0 spiro atoms. The van der Waals surface area contributed by atoms with Crippen LogP contribution in [0.1, 0.15) is 40.4 Å². The second-order valence-corrected chi connectivity index (χ2v) is 7.42. The molecule has 0 radical (unpaired) electrons. The second-order valence-electron chi connectivity index (χ2n) is 6.31. The number of carbonyl (C=O) groups is 1. The molecule has 1 fully saturated rings. The molecule has 0 saturated carbocycles. The highest BCUT2D eigenvalue weighted by Gasteiger charge is 2.32. The van der Waals surface area contributed by atoms with Crippen LogP contribution in [0, 0.1) is 0 Å². The van der Waals surface area contributed by atoms with Gasteiger partial charge in [0.2, 0.25) is 0 Å². The summed E-state index contributed by atoms with van der Waals surface area (Å²) in [4.78, 5) is 15.7. The van der Waals surface area contributed by atoms with Crippen molar-refractivity contribution in [3.8, 4) is 0 Å². The molecule has 1 aliphatic rings. The first-order valence-electron chi connectivity index (χ1n) is 8.48. The van der Waals surface area contributed by atoms with Crippen molar-refractivity contribution in [2.24, 2.45) is 0 Å². The third-order valence-electron chi connectivity index (χ3n) is 4.65. The van der Waals surface area contributed by atoms with Gasteiger partial charge in [0.1, 0.15) is 6.10 Å². The lowest BCUT2D eigenvalue weighted by molar-refractivity contribution is 0.0600. The van der Waals surface area contributed by atoms with Crippen LogP contribution in [0.4, 0.5) is 0 Å². The molecule has 2 aromatic rings. The predicted molar refractivity (Wildman–Crippen MR) is 106 cm³/mol. The van der Waals surface area contributed by atoms with Crippen LogP contribution in [0.5, 0.6) is 0 Å². The third-order valence-corrected chi connectivity index (χ3v) is 5.39. The van der Waals surface area contributed by atoms with Gasteiger partial charge in [-0.3, -0.25) is 9.17 Å². The Morgan fingerprint density at radius 3 is 2.81 bits per heavy atom. The van der Waals surface area contributed by atoms with Gasteiger partial charge in [-0.25, -0.2) is 4.79 Å². The first-order chi connectivity index (χ1) is 12.7. The number of hydrogen-bond acceptors (Lipinski definition) is 6. The number of esters is 1. The van der Waals surface area contributed by atoms with E-state index >= 15 is 0 Å². The van der Waals surface area contributed by atoms with E-state index < -0.39 is 0 Å². The maximum absolute atomic E-state index is 11.5. The molecular formula is C19H21BrN2O3S. The molecule has 1 saturated heterocycles. The highest BCUT2D eigenvalue weighted by molar-refractivity contribution is 9.49. The Bertz CT molecular complexity index is 714. The van der Waals surface area contributed by atoms with Crippen molar-refractivity contribution >= 4 is 31.3 Å². The standard InChI is InChI=1S/C19H21BrN2O3S/c1-24-19(23)14-6-4-13(5-7-14)11-16-8-9-17(22-16)18(25-26-20)15-3-2-10-21-12-15/h2-7,10,12,16-18,22H,8-9,11H2,1H3/t16-,17+,18+/m0/s1. The highest BCUT2D eigenvalue weighted by Crippen LogP contribution is 2.33. The molecule has 3 atom stereocenters. The summed E-state index contributed by atoms with van der Waals surface area (Å²) in [6, 6.07) is 12.2. The summed E-state index contributed by atoms with van der Waals surface area (Å²) >= 11 is 3.30. The van der Waals surface area contributed by atoms with Crippen molar-refractivity contribution in [1.82, 2.24) is 10.3 Å². The van der Waals surface area contributed by atoms with E-state index in [2.05, 4.69) is 25.1 Å². The molecular weight excluding hydrogens is 416 g/mol. The van der Waals surface area contributed by atoms with E-state index in [1.165, 1.54) is 23.1 Å². The number of aromatic nitrogens is 1. The molecule has 1 aromatic heterocycles. The normalized spacial score (nSPS) is 20.7. The first-order valence-corrected chi connectivity index (χ1v) is 11.1. The molecule has 0 amide bonds. The fourth-order valence-corrected chi connectivity index (χ4v) is 4.18. The van der Waals surface area contributed by atoms with E-state index in [4.69, 9.17) is 8.92 Å². The van der Waals surface area contributed by atoms with Crippen LogP contribution in [0.15, 0.2) is 48.8 Å². The van der Waals surface area contributed by atoms with E-state index in [-0.39, 0.29) is 18.1 Å². The average molecular weight is 437 g/mol. The van der Waals surface area contributed by atoms with Crippen molar-refractivity contribution in [3.05, 3.63) is 65.5 Å². The number of hydrogen-bond donors (Lipinski definition) is 1. The van der Waals surface area contributed by atoms with Crippen molar-refractivity contribution in [1.29, 1.82) is 0 Å². The van der Waals surface area contributed by atoms with Crippen LogP contribution >= 0.6 is 25.3 Å². The number of pyridine rings is 1. The minimum Gasteiger partial charge on any atom is -0.465 e. The van der Waals surface area contributed by atoms with E-state index in [1.54, 1.807) is 6.20 Å². The van der Waals surface area contributed by atoms with Crippen LogP contribution in [-0.2, 0) is 15.3 Å². The van der Waals surface area contributed by atoms with Crippen molar-refractivity contribution in [3.63, 3.8) is 0 Å². The Balaban J connectivity index is 1.61. The average Bonchev–Trinajstić information content (AvgIpc) is 3.15. The summed E-state index contributed by atoms with van der Waals surface area (Å²) in [7, 11) is 2.60. The molecule has 1 N–H and O–H groups in total. The van der Waals surface area contributed by atoms with Crippen molar-refractivity contribution in [2.75, 3.05) is 7.11 Å². The lowest BCUT2D eigenvalue weighted by Gasteiger charge is -2.23. The van der Waals surface area contributed by atoms with Crippen LogP contribution in [0.2, 0.25) is 0 Å². The Morgan fingerprint density at radius 1 is 1.35 bits per heavy atom. The maximum Gasteiger partial charge on any atom is 0.337 e. The number of nitrogens with one attached hydrogen (secondary N) is 1. The molecule has 26 heavy (non-hydrogen) atoms. The molecule has 0 bridgehead atoms. The van der Waals surface area contributed by atoms with Gasteiger partial charge in [0.15, 0.2) is 0 Å². The first kappa shape index (κ1) is 19.4. The summed E-state index contributed by atoms with van der Waals surface area (Å²) in [5.74, 6) is -0.306. The number of halogens is 1. The summed E-state index contributed by atoms with van der Waals surface area (Å²) in [5, 5.41) is 3.69. The van der Waals surface area contributed by atoms with Crippen LogP contribution < -0.4 is 5.32 Å². The quantitative estimate of drug-likeness (QED) is 0.517. The minimum absolute atomic E-state index is 0.0558. The smallest absolute Gasteiger partial charge is 0.337 e. The van der Waals surface area contributed by atoms with Gasteiger partial charge in [0.05, 0.1) is 23.1 Å². The molecule has 0 unspecified atom stereocenters. The Hall–Kier alpha value is -1.41. The lowest BCUT2D eigenvalue weighted by Crippen LogP contribution is -2.35. The maximum atomic E-state index is 11.5. The van der Waals surface area contributed by atoms with Crippen LogP contribution in [-0.4, -0.2) is 30.1 Å². The molecule has 5 nitrogen and oxygen atoms in total. The molecule has 7 heteroatoms. The van der Waals surface area contributed by atoms with Gasteiger partial charge in [-0.05, 0) is 43.0 Å². The van der Waals surface area contributed by atoms with Gasteiger partial charge in [-0.15, -0.1) is 0 Å². The van der Waals surface area contributed by atoms with Gasteiger partial charge >= 0.3 is 5.97 Å². The van der Waals surface area contributed by atoms with Gasteiger partial charge in [0.25, 0.3) is 0 Å². The van der Waals surface area contributed by atoms with E-state index in [9.17, 15) is 4.79 Å². The lowest BCUT2D eigenvalue weighted by atomic mass is 10.0. The largest absolute Gasteiger partial charge is 0.465 e. The molecule has 138 valence electrons. The Kier molecular flexibility index (Phi) is 7.07. The summed E-state index contributed by atoms with van der Waals surface area (Å²) in [5.41, 5.74) is 2.84. The second kappa shape index (κ2) is 9.50.